The van der Waals surface area contributed by atoms with Gasteiger partial charge in [0.25, 0.3) is 5.91 Å². The molecule has 2 amide bonds. The Balaban J connectivity index is 1.61. The predicted octanol–water partition coefficient (Wildman–Crippen LogP) is 3.67. The summed E-state index contributed by atoms with van der Waals surface area (Å²) in [5.74, 6) is 2.23. The van der Waals surface area contributed by atoms with Gasteiger partial charge >= 0.3 is 138 Å². The molecule has 2 rings (SSSR count). The van der Waals surface area contributed by atoms with Gasteiger partial charge in [-0.25, -0.2) is 0 Å². The summed E-state index contributed by atoms with van der Waals surface area (Å²) in [5, 5.41) is 5.59. The normalized spacial score (nSPS) is 15.0. The Morgan fingerprint density at radius 3 is 2.42 bits per heavy atom. The van der Waals surface area contributed by atoms with Crippen LogP contribution in [0.2, 0.25) is 0 Å². The Labute approximate surface area is 176 Å². The van der Waals surface area contributed by atoms with Gasteiger partial charge in [-0.3, -0.25) is 4.79 Å². The molecular weight excluding hydrogens is 474 g/mol. The van der Waals surface area contributed by atoms with E-state index in [1.165, 1.54) is 22.3 Å². The SMILES string of the molecule is O=C(CCCCCNC(=O)C(Cl)Cl)Nc1ccc([As]2SCCCS2)cc1. The topological polar surface area (TPSA) is 58.2 Å². The molecule has 1 aromatic rings. The van der Waals surface area contributed by atoms with E-state index in [4.69, 9.17) is 23.2 Å². The van der Waals surface area contributed by atoms with Gasteiger partial charge in [-0.1, -0.05) is 23.2 Å². The Morgan fingerprint density at radius 1 is 1.08 bits per heavy atom. The van der Waals surface area contributed by atoms with Crippen LogP contribution in [0.5, 0.6) is 0 Å². The molecule has 4 nitrogen and oxygen atoms in total. The maximum atomic E-state index is 12.0. The minimum atomic E-state index is -1.02. The van der Waals surface area contributed by atoms with E-state index in [2.05, 4.69) is 42.8 Å². The van der Waals surface area contributed by atoms with Crippen molar-refractivity contribution in [3.8, 4) is 0 Å². The van der Waals surface area contributed by atoms with E-state index >= 15 is 0 Å². The van der Waals surface area contributed by atoms with Crippen LogP contribution in [0, 0.1) is 0 Å². The Morgan fingerprint density at radius 2 is 1.77 bits per heavy atom. The summed E-state index contributed by atoms with van der Waals surface area (Å²) in [7, 11) is 4.27. The van der Waals surface area contributed by atoms with E-state index in [1.807, 2.05) is 12.1 Å². The molecule has 1 saturated heterocycles. The van der Waals surface area contributed by atoms with Crippen molar-refractivity contribution >= 4 is 77.4 Å². The number of hydrogen-bond donors (Lipinski definition) is 2. The molecule has 1 aliphatic rings. The Bertz CT molecular complexity index is 585. The Hall–Kier alpha value is -0.00156. The molecule has 0 bridgehead atoms. The first-order chi connectivity index (χ1) is 12.6. The Kier molecular flexibility index (Phi) is 10.7. The molecule has 0 radical (unpaired) electrons. The van der Waals surface area contributed by atoms with E-state index < -0.39 is 17.2 Å². The van der Waals surface area contributed by atoms with Gasteiger partial charge in [-0.2, -0.15) is 0 Å². The van der Waals surface area contributed by atoms with Gasteiger partial charge < -0.3 is 0 Å². The summed E-state index contributed by atoms with van der Waals surface area (Å²) >= 11 is 9.90. The number of hydrogen-bond acceptors (Lipinski definition) is 4. The first-order valence-corrected chi connectivity index (χ1v) is 16.9. The van der Waals surface area contributed by atoms with Crippen molar-refractivity contribution in [2.24, 2.45) is 0 Å². The van der Waals surface area contributed by atoms with E-state index in [0.717, 1.165) is 24.9 Å². The van der Waals surface area contributed by atoms with Crippen LogP contribution in [-0.2, 0) is 9.59 Å². The van der Waals surface area contributed by atoms with Crippen LogP contribution in [0.25, 0.3) is 0 Å². The van der Waals surface area contributed by atoms with Crippen LogP contribution in [0.1, 0.15) is 32.1 Å². The number of carbonyl (C=O) groups is 2. The number of amides is 2. The van der Waals surface area contributed by atoms with Crippen molar-refractivity contribution in [1.82, 2.24) is 5.32 Å². The van der Waals surface area contributed by atoms with Gasteiger partial charge in [0.05, 0.1) is 0 Å². The van der Waals surface area contributed by atoms with Crippen molar-refractivity contribution in [2.75, 3.05) is 23.4 Å². The number of benzene rings is 1. The van der Waals surface area contributed by atoms with Crippen molar-refractivity contribution < 1.29 is 9.59 Å². The first-order valence-electron chi connectivity index (χ1n) is 8.58. The van der Waals surface area contributed by atoms with Gasteiger partial charge in [-0.05, 0) is 0 Å². The molecule has 0 spiro atoms. The summed E-state index contributed by atoms with van der Waals surface area (Å²) in [4.78, 5) is 22.2. The van der Waals surface area contributed by atoms with Gasteiger partial charge in [0.2, 0.25) is 0 Å². The van der Waals surface area contributed by atoms with Crippen LogP contribution in [0.15, 0.2) is 24.3 Å². The molecule has 0 aromatic heterocycles. The monoisotopic (exact) mass is 496 g/mol. The fourth-order valence-electron chi connectivity index (χ4n) is 2.31. The molecule has 0 saturated carbocycles. The number of anilines is 1. The quantitative estimate of drug-likeness (QED) is 0.311. The molecule has 0 aliphatic carbocycles. The molecule has 0 atom stereocenters. The van der Waals surface area contributed by atoms with E-state index in [-0.39, 0.29) is 11.8 Å². The van der Waals surface area contributed by atoms with E-state index in [0.29, 0.717) is 13.0 Å². The zero-order chi connectivity index (χ0) is 18.8. The summed E-state index contributed by atoms with van der Waals surface area (Å²) in [6, 6.07) is 8.37. The van der Waals surface area contributed by atoms with Gasteiger partial charge in [0.15, 0.2) is 4.84 Å². The molecule has 0 unspecified atom stereocenters. The molecule has 1 aliphatic heterocycles. The van der Waals surface area contributed by atoms with E-state index in [9.17, 15) is 9.59 Å². The van der Waals surface area contributed by atoms with Crippen LogP contribution < -0.4 is 15.0 Å². The third-order valence-electron chi connectivity index (χ3n) is 3.65. The maximum absolute atomic E-state index is 12.0. The molecule has 9 heteroatoms. The van der Waals surface area contributed by atoms with Gasteiger partial charge in [0.1, 0.15) is 0 Å². The van der Waals surface area contributed by atoms with Crippen molar-refractivity contribution in [2.45, 2.75) is 36.9 Å². The van der Waals surface area contributed by atoms with Crippen LogP contribution in [0.3, 0.4) is 0 Å². The second-order valence-electron chi connectivity index (χ2n) is 5.77. The predicted molar refractivity (Wildman–Crippen MR) is 117 cm³/mol. The number of unbranched alkanes of at least 4 members (excludes halogenated alkanes) is 2. The fraction of sp³-hybridized carbons (Fsp3) is 0.529. The van der Waals surface area contributed by atoms with Crippen LogP contribution in [0.4, 0.5) is 5.69 Å². The molecule has 144 valence electrons. The van der Waals surface area contributed by atoms with Crippen LogP contribution >= 0.6 is 43.3 Å². The number of alkyl halides is 2. The summed E-state index contributed by atoms with van der Waals surface area (Å²) in [6.07, 6.45) is 4.25. The van der Waals surface area contributed by atoms with Crippen molar-refractivity contribution in [3.63, 3.8) is 0 Å². The molecule has 1 heterocycles. The van der Waals surface area contributed by atoms with Crippen molar-refractivity contribution in [1.29, 1.82) is 0 Å². The zero-order valence-corrected chi connectivity index (χ0v) is 19.4. The average Bonchev–Trinajstić information content (AvgIpc) is 2.65. The molecule has 2 N–H and O–H groups in total. The standard InChI is InChI=1S/C17H23AsCl2N2O2S2/c19-16(20)17(24)21-10-3-1-2-5-15(23)22-14-8-6-13(7-9-14)18-25-11-4-12-26-18/h6-9,16H,1-5,10-12H2,(H,21,24)(H,22,23). The van der Waals surface area contributed by atoms with Gasteiger partial charge in [-0.15, -0.1) is 0 Å². The third-order valence-corrected chi connectivity index (χ3v) is 17.7. The average molecular weight is 497 g/mol. The molecule has 1 fully saturated rings. The number of halogens is 2. The third kappa shape index (κ3) is 8.35. The molecule has 26 heavy (non-hydrogen) atoms. The second-order valence-corrected chi connectivity index (χ2v) is 18.6. The second kappa shape index (κ2) is 12.5. The number of carbonyl (C=O) groups excluding carboxylic acids is 2. The number of rotatable bonds is 9. The minimum absolute atomic E-state index is 0.0302. The summed E-state index contributed by atoms with van der Waals surface area (Å²) in [5.41, 5.74) is 0.863. The van der Waals surface area contributed by atoms with E-state index in [1.54, 1.807) is 0 Å². The number of nitrogens with one attached hydrogen (secondary N) is 2. The van der Waals surface area contributed by atoms with Crippen LogP contribution in [-0.4, -0.2) is 47.0 Å². The van der Waals surface area contributed by atoms with Crippen molar-refractivity contribution in [3.05, 3.63) is 24.3 Å². The van der Waals surface area contributed by atoms with Gasteiger partial charge in [0, 0.05) is 0 Å². The fourth-order valence-corrected chi connectivity index (χ4v) is 15.5. The summed E-state index contributed by atoms with van der Waals surface area (Å²) in [6.45, 7) is 0.527. The molecular formula is C17H23AsCl2N2O2S2. The molecule has 1 aromatic carbocycles. The zero-order valence-electron chi connectivity index (χ0n) is 14.4. The summed E-state index contributed by atoms with van der Waals surface area (Å²) < 4.78 is 1.46. The first kappa shape index (κ1) is 22.3.